The van der Waals surface area contributed by atoms with Crippen LogP contribution in [-0.4, -0.2) is 31.4 Å². The Hall–Kier alpha value is -1.05. The van der Waals surface area contributed by atoms with Gasteiger partial charge in [-0.3, -0.25) is 0 Å². The van der Waals surface area contributed by atoms with E-state index in [-0.39, 0.29) is 11.5 Å². The van der Waals surface area contributed by atoms with E-state index in [9.17, 15) is 17.2 Å². The molecule has 1 aromatic carbocycles. The van der Waals surface area contributed by atoms with Crippen LogP contribution in [0.5, 0.6) is 0 Å². The Kier molecular flexibility index (Phi) is 4.95. The molecule has 1 aliphatic rings. The van der Waals surface area contributed by atoms with Crippen molar-refractivity contribution in [3.63, 3.8) is 0 Å². The fourth-order valence-electron chi connectivity index (χ4n) is 2.72. The van der Waals surface area contributed by atoms with Crippen molar-refractivity contribution >= 4 is 10.0 Å². The molecule has 118 valence electrons. The van der Waals surface area contributed by atoms with Crippen LogP contribution in [0.4, 0.5) is 8.78 Å². The highest BCUT2D eigenvalue weighted by molar-refractivity contribution is 7.89. The summed E-state index contributed by atoms with van der Waals surface area (Å²) in [5.41, 5.74) is 0.0294. The van der Waals surface area contributed by atoms with Crippen molar-refractivity contribution in [3.05, 3.63) is 29.3 Å². The molecule has 0 saturated heterocycles. The lowest BCUT2D eigenvalue weighted by Gasteiger charge is -2.21. The maximum Gasteiger partial charge on any atom is 0.245 e. The monoisotopic (exact) mass is 319 g/mol. The Morgan fingerprint density at radius 2 is 1.90 bits per heavy atom. The number of nitrogens with zero attached hydrogens (tertiary/aromatic N) is 1. The fraction of sp³-hybridized carbons (Fsp3) is 0.571. The molecule has 1 aliphatic carbocycles. The van der Waals surface area contributed by atoms with Crippen molar-refractivity contribution in [1.82, 2.24) is 4.31 Å². The molecule has 0 aromatic heterocycles. The first-order valence-corrected chi connectivity index (χ1v) is 8.35. The Labute approximate surface area is 123 Å². The zero-order valence-electron chi connectivity index (χ0n) is 11.8. The van der Waals surface area contributed by atoms with Crippen LogP contribution in [0.25, 0.3) is 0 Å². The molecule has 4 nitrogen and oxygen atoms in total. The molecule has 0 amide bonds. The van der Waals surface area contributed by atoms with Crippen LogP contribution in [0.2, 0.25) is 0 Å². The van der Waals surface area contributed by atoms with Crippen molar-refractivity contribution in [1.29, 1.82) is 0 Å². The molecule has 0 spiro atoms. The number of hydrogen-bond donors (Lipinski definition) is 1. The molecule has 0 heterocycles. The van der Waals surface area contributed by atoms with Crippen molar-refractivity contribution in [2.75, 3.05) is 13.6 Å². The second-order valence-corrected chi connectivity index (χ2v) is 7.50. The Balaban J connectivity index is 2.31. The van der Waals surface area contributed by atoms with E-state index in [1.807, 2.05) is 0 Å². The van der Waals surface area contributed by atoms with E-state index in [0.29, 0.717) is 6.54 Å². The highest BCUT2D eigenvalue weighted by Crippen LogP contribution is 2.28. The van der Waals surface area contributed by atoms with Gasteiger partial charge in [0.05, 0.1) is 6.61 Å². The molecular formula is C14H19F2NO3S. The molecule has 0 aliphatic heterocycles. The highest BCUT2D eigenvalue weighted by atomic mass is 32.2. The molecule has 7 heteroatoms. The molecule has 0 bridgehead atoms. The molecule has 21 heavy (non-hydrogen) atoms. The quantitative estimate of drug-likeness (QED) is 0.906. The summed E-state index contributed by atoms with van der Waals surface area (Å²) in [7, 11) is -2.73. The Bertz CT molecular complexity index is 613. The highest BCUT2D eigenvalue weighted by Gasteiger charge is 2.29. The van der Waals surface area contributed by atoms with Gasteiger partial charge in [0.2, 0.25) is 10.0 Å². The van der Waals surface area contributed by atoms with Crippen LogP contribution in [-0.2, 0) is 16.6 Å². The van der Waals surface area contributed by atoms with Gasteiger partial charge in [0.15, 0.2) is 11.6 Å². The molecule has 0 radical (unpaired) electrons. The summed E-state index contributed by atoms with van der Waals surface area (Å²) in [5.74, 6) is -2.40. The summed E-state index contributed by atoms with van der Waals surface area (Å²) in [5, 5.41) is 9.01. The van der Waals surface area contributed by atoms with Crippen LogP contribution < -0.4 is 0 Å². The van der Waals surface area contributed by atoms with Crippen molar-refractivity contribution < 1.29 is 22.3 Å². The average molecular weight is 319 g/mol. The van der Waals surface area contributed by atoms with Gasteiger partial charge in [0.1, 0.15) is 4.90 Å². The van der Waals surface area contributed by atoms with Gasteiger partial charge in [-0.05, 0) is 36.5 Å². The number of benzene rings is 1. The second kappa shape index (κ2) is 6.37. The van der Waals surface area contributed by atoms with E-state index in [4.69, 9.17) is 5.11 Å². The first kappa shape index (κ1) is 16.3. The minimum Gasteiger partial charge on any atom is -0.392 e. The third-order valence-corrected chi connectivity index (χ3v) is 5.74. The van der Waals surface area contributed by atoms with Crippen LogP contribution in [0, 0.1) is 17.6 Å². The van der Waals surface area contributed by atoms with E-state index in [2.05, 4.69) is 0 Å². The zero-order chi connectivity index (χ0) is 15.6. The number of sulfonamides is 1. The number of aliphatic hydroxyl groups is 1. The summed E-state index contributed by atoms with van der Waals surface area (Å²) in [6.07, 6.45) is 4.05. The first-order valence-electron chi connectivity index (χ1n) is 6.91. The Morgan fingerprint density at radius 3 is 2.48 bits per heavy atom. The normalized spacial score (nSPS) is 16.8. The van der Waals surface area contributed by atoms with Crippen LogP contribution in [0.1, 0.15) is 31.2 Å². The summed E-state index contributed by atoms with van der Waals surface area (Å²) in [6, 6.07) is 1.78. The van der Waals surface area contributed by atoms with Gasteiger partial charge in [0.25, 0.3) is 0 Å². The fourth-order valence-corrected chi connectivity index (χ4v) is 4.09. The van der Waals surface area contributed by atoms with Gasteiger partial charge in [0, 0.05) is 13.6 Å². The molecule has 1 saturated carbocycles. The average Bonchev–Trinajstić information content (AvgIpc) is 2.94. The molecule has 0 unspecified atom stereocenters. The van der Waals surface area contributed by atoms with Gasteiger partial charge in [-0.15, -0.1) is 0 Å². The lowest BCUT2D eigenvalue weighted by atomic mass is 10.1. The summed E-state index contributed by atoms with van der Waals surface area (Å²) in [6.45, 7) is -0.251. The largest absolute Gasteiger partial charge is 0.392 e. The maximum atomic E-state index is 13.8. The van der Waals surface area contributed by atoms with E-state index in [1.165, 1.54) is 7.05 Å². The van der Waals surface area contributed by atoms with E-state index in [0.717, 1.165) is 42.1 Å². The lowest BCUT2D eigenvalue weighted by molar-refractivity contribution is 0.280. The van der Waals surface area contributed by atoms with Crippen LogP contribution in [0.15, 0.2) is 17.0 Å². The van der Waals surface area contributed by atoms with Crippen molar-refractivity contribution in [2.45, 2.75) is 37.2 Å². The minimum atomic E-state index is -4.10. The predicted molar refractivity (Wildman–Crippen MR) is 74.1 cm³/mol. The van der Waals surface area contributed by atoms with Gasteiger partial charge < -0.3 is 5.11 Å². The molecule has 0 atom stereocenters. The molecule has 1 N–H and O–H groups in total. The lowest BCUT2D eigenvalue weighted by Crippen LogP contribution is -2.32. The summed E-state index contributed by atoms with van der Waals surface area (Å²) >= 11 is 0. The van der Waals surface area contributed by atoms with Gasteiger partial charge in [-0.2, -0.15) is 0 Å². The van der Waals surface area contributed by atoms with Crippen LogP contribution in [0.3, 0.4) is 0 Å². The number of aliphatic hydroxyl groups excluding tert-OH is 1. The van der Waals surface area contributed by atoms with E-state index in [1.54, 1.807) is 0 Å². The topological polar surface area (TPSA) is 57.6 Å². The third kappa shape index (κ3) is 3.41. The molecule has 2 rings (SSSR count). The summed E-state index contributed by atoms with van der Waals surface area (Å²) < 4.78 is 53.2. The van der Waals surface area contributed by atoms with E-state index >= 15 is 0 Å². The Morgan fingerprint density at radius 1 is 1.29 bits per heavy atom. The van der Waals surface area contributed by atoms with Gasteiger partial charge in [-0.1, -0.05) is 12.8 Å². The smallest absolute Gasteiger partial charge is 0.245 e. The van der Waals surface area contributed by atoms with Crippen molar-refractivity contribution in [3.8, 4) is 0 Å². The zero-order valence-corrected chi connectivity index (χ0v) is 12.7. The number of hydrogen-bond acceptors (Lipinski definition) is 3. The van der Waals surface area contributed by atoms with Gasteiger partial charge >= 0.3 is 0 Å². The van der Waals surface area contributed by atoms with Crippen molar-refractivity contribution in [2.24, 2.45) is 5.92 Å². The predicted octanol–water partition coefficient (Wildman–Crippen LogP) is 2.27. The van der Waals surface area contributed by atoms with E-state index < -0.39 is 33.2 Å². The number of rotatable bonds is 5. The second-order valence-electron chi connectivity index (χ2n) is 5.48. The molecule has 1 fully saturated rings. The third-order valence-electron chi connectivity index (χ3n) is 3.92. The number of halogens is 2. The molecule has 1 aromatic rings. The van der Waals surface area contributed by atoms with Gasteiger partial charge in [-0.25, -0.2) is 21.5 Å². The van der Waals surface area contributed by atoms with Crippen LogP contribution >= 0.6 is 0 Å². The first-order chi connectivity index (χ1) is 9.86. The minimum absolute atomic E-state index is 0.0294. The molecular weight excluding hydrogens is 300 g/mol. The maximum absolute atomic E-state index is 13.8. The summed E-state index contributed by atoms with van der Waals surface area (Å²) in [4.78, 5) is -0.716. The SMILES string of the molecule is CN(CC1CCCC1)S(=O)(=O)c1cc(CO)cc(F)c1F. The standard InChI is InChI=1S/C14H19F2NO3S/c1-17(8-10-4-2-3-5-10)21(19,20)13-7-11(9-18)6-12(15)14(13)16/h6-7,10,18H,2-5,8-9H2,1H3.